The number of rotatable bonds is 6. The molecule has 2 rings (SSSR count). The Morgan fingerprint density at radius 3 is 2.84 bits per heavy atom. The maximum atomic E-state index is 10.8. The molecule has 0 saturated carbocycles. The Kier molecular flexibility index (Phi) is 4.52. The van der Waals surface area contributed by atoms with E-state index in [4.69, 9.17) is 10.2 Å². The van der Waals surface area contributed by atoms with Crippen molar-refractivity contribution in [2.75, 3.05) is 11.1 Å². The van der Waals surface area contributed by atoms with Gasteiger partial charge in [-0.2, -0.15) is 0 Å². The Balaban J connectivity index is 2.03. The second-order valence-electron chi connectivity index (χ2n) is 4.13. The van der Waals surface area contributed by atoms with Crippen molar-refractivity contribution in [1.82, 2.24) is 0 Å². The molecule has 0 aliphatic carbocycles. The monoisotopic (exact) mass is 276 g/mol. The number of carbonyl (C=O) groups excluding carboxylic acids is 1. The molecule has 100 valence electrons. The van der Waals surface area contributed by atoms with Crippen LogP contribution in [0.2, 0.25) is 0 Å². The highest BCUT2D eigenvalue weighted by Crippen LogP contribution is 2.27. The third-order valence-electron chi connectivity index (χ3n) is 2.66. The van der Waals surface area contributed by atoms with Crippen LogP contribution in [0.5, 0.6) is 0 Å². The molecule has 0 unspecified atom stereocenters. The first-order valence-corrected chi connectivity index (χ1v) is 6.92. The zero-order valence-corrected chi connectivity index (χ0v) is 11.5. The van der Waals surface area contributed by atoms with Crippen molar-refractivity contribution < 1.29 is 9.21 Å². The third kappa shape index (κ3) is 3.79. The van der Waals surface area contributed by atoms with E-state index >= 15 is 0 Å². The highest BCUT2D eigenvalue weighted by atomic mass is 32.2. The van der Waals surface area contributed by atoms with Crippen LogP contribution in [-0.2, 0) is 11.3 Å². The normalized spacial score (nSPS) is 10.4. The molecule has 19 heavy (non-hydrogen) atoms. The molecule has 0 spiro atoms. The summed E-state index contributed by atoms with van der Waals surface area (Å²) in [7, 11) is 0. The van der Waals surface area contributed by atoms with E-state index < -0.39 is 0 Å². The van der Waals surface area contributed by atoms with Gasteiger partial charge in [-0.3, -0.25) is 4.79 Å². The van der Waals surface area contributed by atoms with Crippen molar-refractivity contribution in [3.05, 3.63) is 47.9 Å². The minimum absolute atomic E-state index is 0.276. The van der Waals surface area contributed by atoms with E-state index in [9.17, 15) is 4.79 Å². The summed E-state index contributed by atoms with van der Waals surface area (Å²) in [6, 6.07) is 9.76. The lowest BCUT2D eigenvalue weighted by atomic mass is 10.2. The van der Waals surface area contributed by atoms with Crippen molar-refractivity contribution in [2.45, 2.75) is 18.4 Å². The van der Waals surface area contributed by atoms with Crippen LogP contribution in [0.1, 0.15) is 11.3 Å². The predicted octanol–water partition coefficient (Wildman–Crippen LogP) is 2.78. The molecule has 0 bridgehead atoms. The number of para-hydroxylation sites is 1. The third-order valence-corrected chi connectivity index (χ3v) is 3.76. The van der Waals surface area contributed by atoms with Crippen LogP contribution in [0.15, 0.2) is 45.9 Å². The van der Waals surface area contributed by atoms with Crippen molar-refractivity contribution in [3.8, 4) is 0 Å². The van der Waals surface area contributed by atoms with Gasteiger partial charge in [-0.15, -0.1) is 11.8 Å². The number of thioether (sulfide) groups is 1. The minimum Gasteiger partial charge on any atom is -0.467 e. The molecular formula is C14H16N2O2S. The number of primary amides is 1. The van der Waals surface area contributed by atoms with Crippen molar-refractivity contribution in [3.63, 3.8) is 0 Å². The quantitative estimate of drug-likeness (QED) is 0.796. The van der Waals surface area contributed by atoms with E-state index in [0.717, 1.165) is 21.9 Å². The average molecular weight is 276 g/mol. The van der Waals surface area contributed by atoms with Gasteiger partial charge in [0.25, 0.3) is 0 Å². The number of anilines is 1. The van der Waals surface area contributed by atoms with E-state index in [0.29, 0.717) is 6.54 Å². The summed E-state index contributed by atoms with van der Waals surface area (Å²) < 4.78 is 5.38. The fraction of sp³-hybridized carbons (Fsp3) is 0.214. The molecule has 0 saturated heterocycles. The molecule has 1 aromatic heterocycles. The van der Waals surface area contributed by atoms with Gasteiger partial charge in [0.15, 0.2) is 0 Å². The van der Waals surface area contributed by atoms with Crippen LogP contribution in [0.25, 0.3) is 0 Å². The SMILES string of the molecule is Cc1ccoc1CNc1ccccc1SCC(N)=O. The Morgan fingerprint density at radius 1 is 1.37 bits per heavy atom. The maximum absolute atomic E-state index is 10.8. The molecule has 0 aliphatic rings. The molecule has 1 aromatic carbocycles. The molecule has 1 amide bonds. The molecule has 0 radical (unpaired) electrons. The molecule has 5 heteroatoms. The highest BCUT2D eigenvalue weighted by Gasteiger charge is 2.06. The van der Waals surface area contributed by atoms with Crippen LogP contribution < -0.4 is 11.1 Å². The number of hydrogen-bond acceptors (Lipinski definition) is 4. The second kappa shape index (κ2) is 6.33. The first-order valence-electron chi connectivity index (χ1n) is 5.94. The molecule has 0 aliphatic heterocycles. The summed E-state index contributed by atoms with van der Waals surface area (Å²) in [5, 5.41) is 3.31. The van der Waals surface area contributed by atoms with Crippen LogP contribution in [0.4, 0.5) is 5.69 Å². The van der Waals surface area contributed by atoms with Gasteiger partial charge in [-0.1, -0.05) is 12.1 Å². The standard InChI is InChI=1S/C14H16N2O2S/c1-10-6-7-18-12(10)8-16-11-4-2-3-5-13(11)19-9-14(15)17/h2-7,16H,8-9H2,1H3,(H2,15,17). The van der Waals surface area contributed by atoms with Gasteiger partial charge in [0.2, 0.25) is 5.91 Å². The number of amides is 1. The van der Waals surface area contributed by atoms with Gasteiger partial charge in [-0.25, -0.2) is 0 Å². The van der Waals surface area contributed by atoms with Crippen LogP contribution in [-0.4, -0.2) is 11.7 Å². The minimum atomic E-state index is -0.318. The lowest BCUT2D eigenvalue weighted by molar-refractivity contribution is -0.115. The van der Waals surface area contributed by atoms with Crippen molar-refractivity contribution >= 4 is 23.4 Å². The lowest BCUT2D eigenvalue weighted by Gasteiger charge is -2.10. The summed E-state index contributed by atoms with van der Waals surface area (Å²) in [6.45, 7) is 2.63. The Bertz CT molecular complexity index is 566. The van der Waals surface area contributed by atoms with Gasteiger partial charge < -0.3 is 15.5 Å². The first-order chi connectivity index (χ1) is 9.16. The van der Waals surface area contributed by atoms with E-state index in [2.05, 4.69) is 5.32 Å². The van der Waals surface area contributed by atoms with Crippen LogP contribution in [0.3, 0.4) is 0 Å². The zero-order valence-electron chi connectivity index (χ0n) is 10.7. The van der Waals surface area contributed by atoms with Gasteiger partial charge in [0.1, 0.15) is 5.76 Å². The fourth-order valence-corrected chi connectivity index (χ4v) is 2.42. The number of carbonyl (C=O) groups is 1. The Hall–Kier alpha value is -1.88. The summed E-state index contributed by atoms with van der Waals surface area (Å²) >= 11 is 1.43. The van der Waals surface area contributed by atoms with Gasteiger partial charge in [0, 0.05) is 10.6 Å². The molecule has 3 N–H and O–H groups in total. The van der Waals surface area contributed by atoms with E-state index in [1.807, 2.05) is 37.3 Å². The molecule has 1 heterocycles. The largest absolute Gasteiger partial charge is 0.467 e. The average Bonchev–Trinajstić information content (AvgIpc) is 2.80. The molecule has 0 fully saturated rings. The lowest BCUT2D eigenvalue weighted by Crippen LogP contribution is -2.13. The summed E-state index contributed by atoms with van der Waals surface area (Å²) in [4.78, 5) is 11.8. The summed E-state index contributed by atoms with van der Waals surface area (Å²) in [5.41, 5.74) is 7.26. The van der Waals surface area contributed by atoms with E-state index in [-0.39, 0.29) is 11.7 Å². The summed E-state index contributed by atoms with van der Waals surface area (Å²) in [6.07, 6.45) is 1.68. The number of aryl methyl sites for hydroxylation is 1. The number of nitrogens with two attached hydrogens (primary N) is 1. The van der Waals surface area contributed by atoms with Crippen molar-refractivity contribution in [2.24, 2.45) is 5.73 Å². The Morgan fingerprint density at radius 2 is 2.16 bits per heavy atom. The molecule has 4 nitrogen and oxygen atoms in total. The summed E-state index contributed by atoms with van der Waals surface area (Å²) in [5.74, 6) is 0.870. The molecule has 0 atom stereocenters. The number of benzene rings is 1. The van der Waals surface area contributed by atoms with Crippen LogP contribution in [0, 0.1) is 6.92 Å². The maximum Gasteiger partial charge on any atom is 0.227 e. The number of hydrogen-bond donors (Lipinski definition) is 2. The molecule has 2 aromatic rings. The van der Waals surface area contributed by atoms with Crippen molar-refractivity contribution in [1.29, 1.82) is 0 Å². The Labute approximate surface area is 116 Å². The van der Waals surface area contributed by atoms with E-state index in [1.165, 1.54) is 11.8 Å². The highest BCUT2D eigenvalue weighted by molar-refractivity contribution is 8.00. The zero-order chi connectivity index (χ0) is 13.7. The van der Waals surface area contributed by atoms with Gasteiger partial charge in [-0.05, 0) is 30.7 Å². The number of furan rings is 1. The topological polar surface area (TPSA) is 68.3 Å². The smallest absolute Gasteiger partial charge is 0.227 e. The number of nitrogens with one attached hydrogen (secondary N) is 1. The first kappa shape index (κ1) is 13.5. The second-order valence-corrected chi connectivity index (χ2v) is 5.15. The van der Waals surface area contributed by atoms with Gasteiger partial charge in [0.05, 0.1) is 18.6 Å². The van der Waals surface area contributed by atoms with Crippen LogP contribution >= 0.6 is 11.8 Å². The fourth-order valence-electron chi connectivity index (χ4n) is 1.65. The molecular weight excluding hydrogens is 260 g/mol. The van der Waals surface area contributed by atoms with E-state index in [1.54, 1.807) is 6.26 Å². The predicted molar refractivity (Wildman–Crippen MR) is 77.1 cm³/mol. The van der Waals surface area contributed by atoms with Gasteiger partial charge >= 0.3 is 0 Å².